The number of rotatable bonds is 6. The molecule has 0 aliphatic carbocycles. The smallest absolute Gasteiger partial charge is 0.237 e. The summed E-state index contributed by atoms with van der Waals surface area (Å²) in [5.74, 6) is 1.45. The van der Waals surface area contributed by atoms with Gasteiger partial charge in [-0.3, -0.25) is 9.48 Å². The summed E-state index contributed by atoms with van der Waals surface area (Å²) in [6.07, 6.45) is 1.64. The highest BCUT2D eigenvalue weighted by atomic mass is 32.2. The molecule has 1 amide bonds. The van der Waals surface area contributed by atoms with Gasteiger partial charge >= 0.3 is 0 Å². The molecule has 3 heterocycles. The molecule has 3 aromatic rings. The van der Waals surface area contributed by atoms with E-state index in [1.54, 1.807) is 10.9 Å². The van der Waals surface area contributed by atoms with Gasteiger partial charge in [-0.15, -0.1) is 10.2 Å². The third-order valence-corrected chi connectivity index (χ3v) is 5.62. The van der Waals surface area contributed by atoms with Gasteiger partial charge in [-0.2, -0.15) is 5.10 Å². The molecule has 8 nitrogen and oxygen atoms in total. The molecular formula is C18H24N6O2S. The molecule has 0 fully saturated rings. The number of aromatic nitrogens is 5. The topological polar surface area (TPSA) is 90.8 Å². The normalized spacial score (nSPS) is 12.4. The zero-order valence-corrected chi connectivity index (χ0v) is 17.2. The van der Waals surface area contributed by atoms with Crippen LogP contribution in [-0.2, 0) is 18.4 Å². The van der Waals surface area contributed by atoms with E-state index in [9.17, 15) is 4.79 Å². The summed E-state index contributed by atoms with van der Waals surface area (Å²) in [5, 5.41) is 16.3. The minimum Gasteiger partial charge on any atom is -0.469 e. The first-order valence-corrected chi connectivity index (χ1v) is 9.66. The van der Waals surface area contributed by atoms with E-state index in [4.69, 9.17) is 4.42 Å². The molecule has 0 bridgehead atoms. The number of furan rings is 1. The summed E-state index contributed by atoms with van der Waals surface area (Å²) < 4.78 is 9.13. The summed E-state index contributed by atoms with van der Waals surface area (Å²) in [6.45, 7) is 10.3. The predicted molar refractivity (Wildman–Crippen MR) is 105 cm³/mol. The number of thioether (sulfide) groups is 1. The molecule has 3 aromatic heterocycles. The van der Waals surface area contributed by atoms with Gasteiger partial charge in [-0.25, -0.2) is 0 Å². The van der Waals surface area contributed by atoms with E-state index in [1.807, 2.05) is 52.3 Å². The van der Waals surface area contributed by atoms with E-state index in [0.29, 0.717) is 11.7 Å². The van der Waals surface area contributed by atoms with Crippen LogP contribution < -0.4 is 5.32 Å². The minimum absolute atomic E-state index is 0.0918. The highest BCUT2D eigenvalue weighted by Crippen LogP contribution is 2.29. The Hall–Kier alpha value is -2.55. The average molecular weight is 388 g/mol. The van der Waals surface area contributed by atoms with Gasteiger partial charge in [-0.05, 0) is 40.7 Å². The third kappa shape index (κ3) is 3.64. The zero-order chi connectivity index (χ0) is 19.7. The molecule has 0 saturated heterocycles. The molecule has 1 atom stereocenters. The molecule has 0 aliphatic heterocycles. The van der Waals surface area contributed by atoms with E-state index in [-0.39, 0.29) is 11.2 Å². The van der Waals surface area contributed by atoms with Gasteiger partial charge in [0.2, 0.25) is 5.91 Å². The minimum atomic E-state index is -0.336. The van der Waals surface area contributed by atoms with Crippen molar-refractivity contribution in [2.75, 3.05) is 5.32 Å². The van der Waals surface area contributed by atoms with Crippen LogP contribution in [0, 0.1) is 20.8 Å². The van der Waals surface area contributed by atoms with Crippen molar-refractivity contribution in [3.63, 3.8) is 0 Å². The number of nitrogens with one attached hydrogen (secondary N) is 1. The van der Waals surface area contributed by atoms with Gasteiger partial charge in [0.1, 0.15) is 5.76 Å². The van der Waals surface area contributed by atoms with Crippen molar-refractivity contribution in [2.45, 2.75) is 51.6 Å². The molecule has 9 heteroatoms. The first-order valence-electron chi connectivity index (χ1n) is 8.78. The number of amides is 1. The van der Waals surface area contributed by atoms with Crippen LogP contribution >= 0.6 is 11.8 Å². The Morgan fingerprint density at radius 3 is 2.63 bits per heavy atom. The van der Waals surface area contributed by atoms with E-state index >= 15 is 0 Å². The van der Waals surface area contributed by atoms with Crippen LogP contribution in [0.1, 0.15) is 31.0 Å². The van der Waals surface area contributed by atoms with Gasteiger partial charge < -0.3 is 14.3 Å². The van der Waals surface area contributed by atoms with Crippen LogP contribution in [0.5, 0.6) is 0 Å². The summed E-state index contributed by atoms with van der Waals surface area (Å²) in [6, 6.07) is 1.88. The molecular weight excluding hydrogens is 364 g/mol. The summed E-state index contributed by atoms with van der Waals surface area (Å²) in [4.78, 5) is 12.7. The Balaban J connectivity index is 1.78. The molecule has 3 rings (SSSR count). The SMILES string of the molecule is CCn1c(S[C@H](C)C(=O)Nc2c(C)nn(C)c2C)nnc1-c1ccoc1C. The first-order chi connectivity index (χ1) is 12.8. The van der Waals surface area contributed by atoms with Crippen molar-refractivity contribution in [1.82, 2.24) is 24.5 Å². The number of nitrogens with zero attached hydrogens (tertiary/aromatic N) is 5. The number of hydrogen-bond donors (Lipinski definition) is 1. The second-order valence-electron chi connectivity index (χ2n) is 6.36. The van der Waals surface area contributed by atoms with Crippen LogP contribution in [0.15, 0.2) is 21.9 Å². The van der Waals surface area contributed by atoms with E-state index in [1.165, 1.54) is 11.8 Å². The lowest BCUT2D eigenvalue weighted by atomic mass is 10.2. The summed E-state index contributed by atoms with van der Waals surface area (Å²) in [7, 11) is 1.86. The van der Waals surface area contributed by atoms with Gasteiger partial charge in [0.15, 0.2) is 11.0 Å². The molecule has 1 N–H and O–H groups in total. The van der Waals surface area contributed by atoms with Gasteiger partial charge in [-0.1, -0.05) is 11.8 Å². The van der Waals surface area contributed by atoms with Crippen molar-refractivity contribution in [2.24, 2.45) is 7.05 Å². The van der Waals surface area contributed by atoms with Crippen molar-refractivity contribution in [1.29, 1.82) is 0 Å². The van der Waals surface area contributed by atoms with Crippen LogP contribution in [0.2, 0.25) is 0 Å². The lowest BCUT2D eigenvalue weighted by Gasteiger charge is -2.13. The fourth-order valence-corrected chi connectivity index (χ4v) is 3.78. The van der Waals surface area contributed by atoms with E-state index in [0.717, 1.165) is 34.2 Å². The summed E-state index contributed by atoms with van der Waals surface area (Å²) >= 11 is 1.38. The maximum atomic E-state index is 12.7. The van der Waals surface area contributed by atoms with Gasteiger partial charge in [0.25, 0.3) is 0 Å². The quantitative estimate of drug-likeness (QED) is 0.651. The van der Waals surface area contributed by atoms with Gasteiger partial charge in [0, 0.05) is 13.6 Å². The number of hydrogen-bond acceptors (Lipinski definition) is 6. The second kappa shape index (κ2) is 7.59. The fourth-order valence-electron chi connectivity index (χ4n) is 2.87. The highest BCUT2D eigenvalue weighted by Gasteiger charge is 2.23. The largest absolute Gasteiger partial charge is 0.469 e. The molecule has 0 radical (unpaired) electrons. The molecule has 27 heavy (non-hydrogen) atoms. The standard InChI is InChI=1S/C18H24N6O2S/c1-7-24-16(14-8-9-26-12(14)4)20-21-18(24)27-13(5)17(25)19-15-10(2)22-23(6)11(15)3/h8-9,13H,7H2,1-6H3,(H,19,25)/t13-/m1/s1. The highest BCUT2D eigenvalue weighted by molar-refractivity contribution is 8.00. The Bertz CT molecular complexity index is 971. The molecule has 0 aliphatic rings. The Kier molecular flexibility index (Phi) is 5.41. The fraction of sp³-hybridized carbons (Fsp3) is 0.444. The molecule has 0 unspecified atom stereocenters. The van der Waals surface area contributed by atoms with E-state index in [2.05, 4.69) is 20.6 Å². The average Bonchev–Trinajstić information content (AvgIpc) is 3.29. The maximum absolute atomic E-state index is 12.7. The lowest BCUT2D eigenvalue weighted by Crippen LogP contribution is -2.23. The van der Waals surface area contributed by atoms with Crippen molar-refractivity contribution in [3.05, 3.63) is 29.5 Å². The first kappa shape index (κ1) is 19.2. The lowest BCUT2D eigenvalue weighted by molar-refractivity contribution is -0.115. The molecule has 0 saturated carbocycles. The second-order valence-corrected chi connectivity index (χ2v) is 7.67. The Morgan fingerprint density at radius 2 is 2.07 bits per heavy atom. The van der Waals surface area contributed by atoms with Crippen LogP contribution in [0.3, 0.4) is 0 Å². The zero-order valence-electron chi connectivity index (χ0n) is 16.4. The van der Waals surface area contributed by atoms with E-state index < -0.39 is 0 Å². The van der Waals surface area contributed by atoms with Crippen molar-refractivity contribution < 1.29 is 9.21 Å². The number of carbonyl (C=O) groups is 1. The number of anilines is 1. The Morgan fingerprint density at radius 1 is 1.33 bits per heavy atom. The predicted octanol–water partition coefficient (Wildman–Crippen LogP) is 3.34. The summed E-state index contributed by atoms with van der Waals surface area (Å²) in [5.41, 5.74) is 3.40. The van der Waals surface area contributed by atoms with Crippen molar-refractivity contribution in [3.8, 4) is 11.4 Å². The molecule has 0 spiro atoms. The van der Waals surface area contributed by atoms with Crippen LogP contribution in [-0.4, -0.2) is 35.7 Å². The maximum Gasteiger partial charge on any atom is 0.237 e. The number of aryl methyl sites for hydroxylation is 3. The monoisotopic (exact) mass is 388 g/mol. The number of carbonyl (C=O) groups excluding carboxylic acids is 1. The molecule has 144 valence electrons. The Labute approximate surface area is 162 Å². The van der Waals surface area contributed by atoms with Crippen molar-refractivity contribution >= 4 is 23.4 Å². The van der Waals surface area contributed by atoms with Crippen LogP contribution in [0.4, 0.5) is 5.69 Å². The van der Waals surface area contributed by atoms with Gasteiger partial charge in [0.05, 0.1) is 34.2 Å². The van der Waals surface area contributed by atoms with Crippen LogP contribution in [0.25, 0.3) is 11.4 Å². The molecule has 0 aromatic carbocycles. The third-order valence-electron chi connectivity index (χ3n) is 4.54.